The standard InChI is InChI=1S/C21H27N3O2S/c1-26-18(25)17-12-21(14-27-2)15-8-4-5-9-16(15)23-19(21)24(17)20(13-22)10-6-3-7-11-20/h4-5,8-9,17,19,23H,3,6-7,10-12,14H2,1-2H3/t17-,19-,21+/m0/s1. The van der Waals surface area contributed by atoms with E-state index in [9.17, 15) is 10.1 Å². The molecule has 27 heavy (non-hydrogen) atoms. The smallest absolute Gasteiger partial charge is 0.323 e. The molecule has 0 aromatic heterocycles. The van der Waals surface area contributed by atoms with Crippen LogP contribution in [0.15, 0.2) is 24.3 Å². The van der Waals surface area contributed by atoms with Gasteiger partial charge in [-0.05, 0) is 37.1 Å². The van der Waals surface area contributed by atoms with Gasteiger partial charge in [0.2, 0.25) is 0 Å². The van der Waals surface area contributed by atoms with E-state index < -0.39 is 5.54 Å². The van der Waals surface area contributed by atoms with E-state index in [1.807, 2.05) is 6.07 Å². The predicted octanol–water partition coefficient (Wildman–Crippen LogP) is 3.51. The molecule has 4 rings (SSSR count). The molecule has 3 aliphatic rings. The Morgan fingerprint density at radius 1 is 1.37 bits per heavy atom. The van der Waals surface area contributed by atoms with Crippen molar-refractivity contribution < 1.29 is 9.53 Å². The molecule has 1 N–H and O–H groups in total. The van der Waals surface area contributed by atoms with E-state index in [1.165, 1.54) is 12.7 Å². The van der Waals surface area contributed by atoms with Crippen molar-refractivity contribution in [2.45, 2.75) is 61.7 Å². The van der Waals surface area contributed by atoms with E-state index in [1.54, 1.807) is 11.8 Å². The lowest BCUT2D eigenvalue weighted by Crippen LogP contribution is -2.60. The fourth-order valence-electron chi connectivity index (χ4n) is 5.57. The maximum Gasteiger partial charge on any atom is 0.323 e. The Bertz CT molecular complexity index is 771. The van der Waals surface area contributed by atoms with E-state index in [2.05, 4.69) is 40.7 Å². The number of fused-ring (bicyclic) bond motifs is 3. The molecule has 144 valence electrons. The summed E-state index contributed by atoms with van der Waals surface area (Å²) >= 11 is 1.80. The Kier molecular flexibility index (Phi) is 4.85. The number of nitrogens with zero attached hydrogens (tertiary/aromatic N) is 2. The Labute approximate surface area is 165 Å². The van der Waals surface area contributed by atoms with Crippen molar-refractivity contribution in [1.82, 2.24) is 4.90 Å². The fraction of sp³-hybridized carbons (Fsp3) is 0.619. The number of esters is 1. The number of anilines is 1. The molecule has 1 aromatic rings. The van der Waals surface area contributed by atoms with Gasteiger partial charge in [0.1, 0.15) is 11.6 Å². The highest BCUT2D eigenvalue weighted by atomic mass is 32.2. The number of nitriles is 1. The van der Waals surface area contributed by atoms with Crippen LogP contribution in [0.3, 0.4) is 0 Å². The Balaban J connectivity index is 1.85. The highest BCUT2D eigenvalue weighted by Gasteiger charge is 2.64. The molecule has 0 radical (unpaired) electrons. The minimum Gasteiger partial charge on any atom is -0.468 e. The SMILES string of the molecule is COC(=O)[C@@H]1C[C@@]2(CSC)c3ccccc3N[C@H]2N1C1(C#N)CCCCC1. The second kappa shape index (κ2) is 7.03. The summed E-state index contributed by atoms with van der Waals surface area (Å²) in [5, 5.41) is 13.9. The molecule has 0 spiro atoms. The van der Waals surface area contributed by atoms with Crippen LogP contribution in [0.2, 0.25) is 0 Å². The lowest BCUT2D eigenvalue weighted by atomic mass is 9.79. The number of hydrogen-bond donors (Lipinski definition) is 1. The molecule has 5 nitrogen and oxygen atoms in total. The van der Waals surface area contributed by atoms with E-state index in [-0.39, 0.29) is 23.6 Å². The van der Waals surface area contributed by atoms with E-state index in [0.717, 1.165) is 43.5 Å². The summed E-state index contributed by atoms with van der Waals surface area (Å²) in [6.45, 7) is 0. The zero-order chi connectivity index (χ0) is 19.1. The van der Waals surface area contributed by atoms with E-state index in [4.69, 9.17) is 4.74 Å². The summed E-state index contributed by atoms with van der Waals surface area (Å²) in [6.07, 6.45) is 7.63. The molecule has 1 saturated carbocycles. The molecule has 0 bridgehead atoms. The number of para-hydroxylation sites is 1. The second-order valence-electron chi connectivity index (χ2n) is 8.04. The largest absolute Gasteiger partial charge is 0.468 e. The molecule has 0 unspecified atom stereocenters. The molecule has 2 aliphatic heterocycles. The van der Waals surface area contributed by atoms with Gasteiger partial charge in [-0.25, -0.2) is 0 Å². The molecule has 2 fully saturated rings. The van der Waals surface area contributed by atoms with Gasteiger partial charge in [-0.15, -0.1) is 0 Å². The minimum absolute atomic E-state index is 0.0517. The van der Waals surface area contributed by atoms with Gasteiger partial charge < -0.3 is 10.1 Å². The zero-order valence-electron chi connectivity index (χ0n) is 16.0. The number of thioether (sulfide) groups is 1. The average molecular weight is 386 g/mol. The Morgan fingerprint density at radius 2 is 2.11 bits per heavy atom. The first-order chi connectivity index (χ1) is 13.1. The quantitative estimate of drug-likeness (QED) is 0.800. The Morgan fingerprint density at radius 3 is 2.78 bits per heavy atom. The van der Waals surface area contributed by atoms with Gasteiger partial charge in [-0.3, -0.25) is 9.69 Å². The first-order valence-corrected chi connectivity index (χ1v) is 11.1. The summed E-state index contributed by atoms with van der Waals surface area (Å²) in [5.74, 6) is 0.692. The van der Waals surface area contributed by atoms with Crippen LogP contribution in [0.5, 0.6) is 0 Å². The van der Waals surface area contributed by atoms with Gasteiger partial charge in [0, 0.05) is 16.9 Å². The molecule has 1 aromatic carbocycles. The number of hydrogen-bond acceptors (Lipinski definition) is 6. The van der Waals surface area contributed by atoms with Crippen molar-refractivity contribution in [2.75, 3.05) is 24.4 Å². The minimum atomic E-state index is -0.600. The molecule has 2 heterocycles. The van der Waals surface area contributed by atoms with E-state index in [0.29, 0.717) is 6.42 Å². The number of methoxy groups -OCH3 is 1. The van der Waals surface area contributed by atoms with Crippen LogP contribution in [0.4, 0.5) is 5.69 Å². The highest BCUT2D eigenvalue weighted by Crippen LogP contribution is 2.55. The van der Waals surface area contributed by atoms with Crippen molar-refractivity contribution in [3.05, 3.63) is 29.8 Å². The predicted molar refractivity (Wildman–Crippen MR) is 108 cm³/mol. The number of likely N-dealkylation sites (tertiary alicyclic amines) is 1. The molecular weight excluding hydrogens is 358 g/mol. The van der Waals surface area contributed by atoms with Gasteiger partial charge in [-0.2, -0.15) is 17.0 Å². The van der Waals surface area contributed by atoms with Crippen molar-refractivity contribution in [2.24, 2.45) is 0 Å². The molecular formula is C21H27N3O2S. The summed E-state index contributed by atoms with van der Waals surface area (Å²) < 4.78 is 5.20. The van der Waals surface area contributed by atoms with Crippen LogP contribution in [0.1, 0.15) is 44.1 Å². The van der Waals surface area contributed by atoms with Crippen molar-refractivity contribution in [3.8, 4) is 6.07 Å². The third-order valence-electron chi connectivity index (χ3n) is 6.71. The number of carbonyl (C=O) groups excluding carboxylic acids is 1. The summed E-state index contributed by atoms with van der Waals surface area (Å²) in [6, 6.07) is 10.7. The summed E-state index contributed by atoms with van der Waals surface area (Å²) in [4.78, 5) is 15.0. The molecule has 1 aliphatic carbocycles. The fourth-order valence-corrected chi connectivity index (χ4v) is 6.52. The van der Waals surface area contributed by atoms with Gasteiger partial charge in [0.25, 0.3) is 0 Å². The zero-order valence-corrected chi connectivity index (χ0v) is 16.8. The summed E-state index contributed by atoms with van der Waals surface area (Å²) in [7, 11) is 1.46. The topological polar surface area (TPSA) is 65.4 Å². The summed E-state index contributed by atoms with van der Waals surface area (Å²) in [5.41, 5.74) is 1.62. The maximum atomic E-state index is 12.8. The van der Waals surface area contributed by atoms with Gasteiger partial charge in [0.05, 0.1) is 19.3 Å². The number of ether oxygens (including phenoxy) is 1. The highest BCUT2D eigenvalue weighted by molar-refractivity contribution is 7.98. The second-order valence-corrected chi connectivity index (χ2v) is 8.90. The van der Waals surface area contributed by atoms with Crippen LogP contribution in [-0.4, -0.2) is 47.7 Å². The van der Waals surface area contributed by atoms with Crippen molar-refractivity contribution >= 4 is 23.4 Å². The van der Waals surface area contributed by atoms with Crippen LogP contribution in [0, 0.1) is 11.3 Å². The maximum absolute atomic E-state index is 12.8. The van der Waals surface area contributed by atoms with Crippen molar-refractivity contribution in [3.63, 3.8) is 0 Å². The van der Waals surface area contributed by atoms with Gasteiger partial charge in [0.15, 0.2) is 0 Å². The number of benzene rings is 1. The van der Waals surface area contributed by atoms with Crippen LogP contribution >= 0.6 is 11.8 Å². The van der Waals surface area contributed by atoms with Gasteiger partial charge in [-0.1, -0.05) is 37.5 Å². The first-order valence-electron chi connectivity index (χ1n) is 9.74. The van der Waals surface area contributed by atoms with E-state index >= 15 is 0 Å². The third-order valence-corrected chi connectivity index (χ3v) is 7.51. The van der Waals surface area contributed by atoms with Crippen LogP contribution in [0.25, 0.3) is 0 Å². The molecule has 0 amide bonds. The lowest BCUT2D eigenvalue weighted by molar-refractivity contribution is -0.148. The first kappa shape index (κ1) is 18.6. The molecule has 6 heteroatoms. The van der Waals surface area contributed by atoms with Crippen molar-refractivity contribution in [1.29, 1.82) is 5.26 Å². The number of nitrogens with one attached hydrogen (secondary N) is 1. The molecule has 3 atom stereocenters. The van der Waals surface area contributed by atoms with Gasteiger partial charge >= 0.3 is 5.97 Å². The number of carbonyl (C=O) groups is 1. The Hall–Kier alpha value is -1.71. The molecule has 1 saturated heterocycles. The lowest BCUT2D eigenvalue weighted by Gasteiger charge is -2.45. The van der Waals surface area contributed by atoms with Crippen LogP contribution in [-0.2, 0) is 14.9 Å². The number of rotatable bonds is 4. The average Bonchev–Trinajstić information content (AvgIpc) is 3.19. The van der Waals surface area contributed by atoms with Crippen LogP contribution < -0.4 is 5.32 Å². The normalized spacial score (nSPS) is 31.4. The third kappa shape index (κ3) is 2.67. The monoisotopic (exact) mass is 385 g/mol.